The van der Waals surface area contributed by atoms with E-state index in [0.717, 1.165) is 53.0 Å². The summed E-state index contributed by atoms with van der Waals surface area (Å²) in [6.07, 6.45) is 3.11. The fraction of sp³-hybridized carbons (Fsp3) is 0.500. The van der Waals surface area contributed by atoms with Gasteiger partial charge in [-0.3, -0.25) is 9.59 Å². The van der Waals surface area contributed by atoms with Crippen LogP contribution in [0, 0.1) is 5.92 Å². The molecular formula is C26H30ClN5O4S3. The molecule has 1 N–H and O–H groups in total. The number of rotatable bonds is 7. The number of benzene rings is 1. The summed E-state index contributed by atoms with van der Waals surface area (Å²) in [4.78, 5) is 35.7. The van der Waals surface area contributed by atoms with Crippen LogP contribution >= 0.6 is 34.3 Å². The van der Waals surface area contributed by atoms with Crippen molar-refractivity contribution < 1.29 is 18.0 Å². The van der Waals surface area contributed by atoms with E-state index in [4.69, 9.17) is 11.6 Å². The molecule has 4 heterocycles. The molecule has 1 aliphatic carbocycles. The maximum atomic E-state index is 13.7. The second kappa shape index (κ2) is 10.7. The number of carbonyl (C=O) groups excluding carboxylic acids is 2. The van der Waals surface area contributed by atoms with Crippen molar-refractivity contribution in [2.75, 3.05) is 39.8 Å². The molecule has 3 aliphatic rings. The van der Waals surface area contributed by atoms with Crippen LogP contribution in [-0.4, -0.2) is 85.1 Å². The molecule has 208 valence electrons. The van der Waals surface area contributed by atoms with Crippen LogP contribution in [-0.2, 0) is 27.8 Å². The first-order valence-electron chi connectivity index (χ1n) is 13.1. The topological polar surface area (TPSA) is 103 Å². The van der Waals surface area contributed by atoms with Gasteiger partial charge in [0, 0.05) is 72.2 Å². The lowest BCUT2D eigenvalue weighted by Gasteiger charge is -2.40. The van der Waals surface area contributed by atoms with Gasteiger partial charge in [0.25, 0.3) is 15.9 Å². The number of fused-ring (bicyclic) bond motifs is 2. The van der Waals surface area contributed by atoms with Crippen LogP contribution in [0.5, 0.6) is 0 Å². The minimum Gasteiger partial charge on any atom is -0.356 e. The van der Waals surface area contributed by atoms with E-state index in [-0.39, 0.29) is 47.6 Å². The highest BCUT2D eigenvalue weighted by Gasteiger charge is 2.38. The number of carbonyl (C=O) groups is 2. The van der Waals surface area contributed by atoms with E-state index in [9.17, 15) is 18.0 Å². The molecule has 6 rings (SSSR count). The van der Waals surface area contributed by atoms with E-state index >= 15 is 0 Å². The zero-order chi connectivity index (χ0) is 27.3. The van der Waals surface area contributed by atoms with Crippen LogP contribution in [0.1, 0.15) is 39.6 Å². The maximum Gasteiger partial charge on any atom is 0.283 e. The number of hydrogen-bond acceptors (Lipinski definition) is 8. The largest absolute Gasteiger partial charge is 0.356 e. The van der Waals surface area contributed by atoms with Crippen molar-refractivity contribution in [1.82, 2.24) is 24.4 Å². The summed E-state index contributed by atoms with van der Waals surface area (Å²) in [5.74, 6) is -0.0369. The smallest absolute Gasteiger partial charge is 0.283 e. The van der Waals surface area contributed by atoms with Gasteiger partial charge >= 0.3 is 0 Å². The van der Waals surface area contributed by atoms with E-state index in [0.29, 0.717) is 23.0 Å². The molecule has 39 heavy (non-hydrogen) atoms. The Hall–Kier alpha value is -2.09. The fourth-order valence-corrected chi connectivity index (χ4v) is 9.63. The second-order valence-corrected chi connectivity index (χ2v) is 15.3. The maximum absolute atomic E-state index is 13.7. The lowest BCUT2D eigenvalue weighted by Crippen LogP contribution is -2.57. The van der Waals surface area contributed by atoms with Gasteiger partial charge in [0.15, 0.2) is 5.01 Å². The highest BCUT2D eigenvalue weighted by molar-refractivity contribution is 7.91. The average molecular weight is 608 g/mol. The molecule has 13 heteroatoms. The van der Waals surface area contributed by atoms with Crippen molar-refractivity contribution in [1.29, 1.82) is 0 Å². The van der Waals surface area contributed by atoms with Gasteiger partial charge in [0.2, 0.25) is 5.91 Å². The van der Waals surface area contributed by atoms with Crippen molar-refractivity contribution in [2.45, 2.75) is 42.5 Å². The molecule has 2 aliphatic heterocycles. The van der Waals surface area contributed by atoms with Crippen LogP contribution in [0.3, 0.4) is 0 Å². The van der Waals surface area contributed by atoms with E-state index in [1.165, 1.54) is 27.0 Å². The highest BCUT2D eigenvalue weighted by atomic mass is 35.5. The molecule has 0 radical (unpaired) electrons. The van der Waals surface area contributed by atoms with E-state index < -0.39 is 10.0 Å². The van der Waals surface area contributed by atoms with E-state index in [1.807, 2.05) is 6.07 Å². The van der Waals surface area contributed by atoms with Crippen molar-refractivity contribution in [3.63, 3.8) is 0 Å². The molecule has 1 saturated heterocycles. The average Bonchev–Trinajstić information content (AvgIpc) is 3.54. The summed E-state index contributed by atoms with van der Waals surface area (Å²) in [5.41, 5.74) is 0.987. The molecule has 1 unspecified atom stereocenters. The highest BCUT2D eigenvalue weighted by Crippen LogP contribution is 2.34. The number of likely N-dealkylation sites (N-methyl/N-ethyl adjacent to an activating group) is 1. The van der Waals surface area contributed by atoms with Gasteiger partial charge in [0.1, 0.15) is 4.21 Å². The Morgan fingerprint density at radius 1 is 1.15 bits per heavy atom. The van der Waals surface area contributed by atoms with Gasteiger partial charge in [-0.2, -0.15) is 4.31 Å². The number of sulfonamides is 1. The van der Waals surface area contributed by atoms with Gasteiger partial charge in [-0.1, -0.05) is 17.7 Å². The summed E-state index contributed by atoms with van der Waals surface area (Å²) >= 11 is 8.75. The molecule has 9 nitrogen and oxygen atoms in total. The second-order valence-electron chi connectivity index (χ2n) is 10.5. The summed E-state index contributed by atoms with van der Waals surface area (Å²) in [5, 5.41) is 4.82. The number of amides is 2. The first kappa shape index (κ1) is 27.1. The van der Waals surface area contributed by atoms with E-state index in [1.54, 1.807) is 23.1 Å². The predicted molar refractivity (Wildman–Crippen MR) is 153 cm³/mol. The summed E-state index contributed by atoms with van der Waals surface area (Å²) in [6.45, 7) is 2.70. The molecular weight excluding hydrogens is 578 g/mol. The first-order valence-corrected chi connectivity index (χ1v) is 16.6. The third-order valence-electron chi connectivity index (χ3n) is 7.59. The molecule has 2 amide bonds. The number of hydrogen-bond donors (Lipinski definition) is 1. The third-order valence-corrected chi connectivity index (χ3v) is 12.3. The van der Waals surface area contributed by atoms with Crippen molar-refractivity contribution in [2.24, 2.45) is 5.92 Å². The predicted octanol–water partition coefficient (Wildman–Crippen LogP) is 3.43. The third kappa shape index (κ3) is 5.59. The molecule has 1 aromatic carbocycles. The zero-order valence-electron chi connectivity index (χ0n) is 21.6. The summed E-state index contributed by atoms with van der Waals surface area (Å²) < 4.78 is 29.9. The molecule has 3 aromatic rings. The quantitative estimate of drug-likeness (QED) is 0.442. The Balaban J connectivity index is 1.22. The minimum absolute atomic E-state index is 0.0359. The standard InChI is InChI=1S/C26H30ClN5O4S3/c1-30-9-7-20-22(15-30)38-25(29-20)26(34)32-11-10-31(14-19(32)6-8-28-24(33)16-2-3-16)39(35,36)23-12-17-4-5-18(27)13-21(17)37-23/h4-5,12-13,16,19H,2-3,6-11,14-15H2,1H3,(H,28,33). The monoisotopic (exact) mass is 607 g/mol. The summed E-state index contributed by atoms with van der Waals surface area (Å²) in [7, 11) is -1.72. The molecule has 1 atom stereocenters. The number of thiazole rings is 1. The van der Waals surface area contributed by atoms with Crippen LogP contribution in [0.4, 0.5) is 0 Å². The zero-order valence-corrected chi connectivity index (χ0v) is 24.8. The normalized spacial score (nSPS) is 20.8. The Morgan fingerprint density at radius 3 is 2.77 bits per heavy atom. The van der Waals surface area contributed by atoms with Gasteiger partial charge in [-0.15, -0.1) is 22.7 Å². The number of nitrogens with zero attached hydrogens (tertiary/aromatic N) is 4. The Bertz CT molecular complexity index is 1530. The Kier molecular flexibility index (Phi) is 7.44. The Labute approximate surface area is 240 Å². The number of aromatic nitrogens is 1. The van der Waals surface area contributed by atoms with E-state index in [2.05, 4.69) is 22.2 Å². The van der Waals surface area contributed by atoms with Crippen molar-refractivity contribution >= 4 is 66.2 Å². The Morgan fingerprint density at radius 2 is 1.97 bits per heavy atom. The summed E-state index contributed by atoms with van der Waals surface area (Å²) in [6, 6.07) is 6.64. The lowest BCUT2D eigenvalue weighted by molar-refractivity contribution is -0.122. The van der Waals surface area contributed by atoms with Crippen LogP contribution in [0.15, 0.2) is 28.5 Å². The molecule has 1 saturated carbocycles. The minimum atomic E-state index is -3.77. The molecule has 0 bridgehead atoms. The van der Waals surface area contributed by atoms with Gasteiger partial charge in [-0.05, 0) is 49.9 Å². The van der Waals surface area contributed by atoms with Crippen molar-refractivity contribution in [3.05, 3.63) is 44.9 Å². The van der Waals surface area contributed by atoms with Crippen molar-refractivity contribution in [3.8, 4) is 0 Å². The first-order chi connectivity index (χ1) is 18.7. The van der Waals surface area contributed by atoms with Gasteiger partial charge < -0.3 is 15.1 Å². The number of nitrogens with one attached hydrogen (secondary N) is 1. The number of piperazine rings is 1. The molecule has 2 aromatic heterocycles. The lowest BCUT2D eigenvalue weighted by atomic mass is 10.1. The molecule has 0 spiro atoms. The SMILES string of the molecule is CN1CCc2nc(C(=O)N3CCN(S(=O)(=O)c4cc5ccc(Cl)cc5s4)CC3CCNC(=O)C3CC3)sc2C1. The van der Waals surface area contributed by atoms with Crippen LogP contribution in [0.2, 0.25) is 5.02 Å². The molecule has 2 fully saturated rings. The van der Waals surface area contributed by atoms with Gasteiger partial charge in [-0.25, -0.2) is 13.4 Å². The number of halogens is 1. The number of thiophene rings is 1. The van der Waals surface area contributed by atoms with Crippen LogP contribution in [0.25, 0.3) is 10.1 Å². The van der Waals surface area contributed by atoms with Crippen LogP contribution < -0.4 is 5.32 Å². The van der Waals surface area contributed by atoms with Gasteiger partial charge in [0.05, 0.1) is 5.69 Å². The fourth-order valence-electron chi connectivity index (χ4n) is 5.18.